The van der Waals surface area contributed by atoms with Crippen LogP contribution in [-0.4, -0.2) is 45.8 Å². The number of nitrogens with two attached hydrogens (primary N) is 1. The minimum absolute atomic E-state index is 0.00749. The number of fused-ring (bicyclic) bond motifs is 3. The normalized spacial score (nSPS) is 17.3. The lowest BCUT2D eigenvalue weighted by atomic mass is 9.85. The molecular formula is C24H22F4N4O3. The van der Waals surface area contributed by atoms with Crippen LogP contribution >= 0.6 is 0 Å². The number of hydrogen-bond donors (Lipinski definition) is 2. The van der Waals surface area contributed by atoms with Crippen molar-refractivity contribution < 1.29 is 32.3 Å². The number of hydrogen-bond acceptors (Lipinski definition) is 4. The number of anilines is 1. The third-order valence-electron chi connectivity index (χ3n) is 6.34. The van der Waals surface area contributed by atoms with E-state index in [1.807, 2.05) is 30.7 Å². The Kier molecular flexibility index (Phi) is 6.51. The summed E-state index contributed by atoms with van der Waals surface area (Å²) >= 11 is 0. The van der Waals surface area contributed by atoms with Crippen LogP contribution in [0, 0.1) is 11.7 Å². The lowest BCUT2D eigenvalue weighted by Crippen LogP contribution is -2.36. The molecule has 3 N–H and O–H groups in total. The average Bonchev–Trinajstić information content (AvgIpc) is 3.41. The highest BCUT2D eigenvalue weighted by Gasteiger charge is 2.39. The van der Waals surface area contributed by atoms with Crippen molar-refractivity contribution in [2.45, 2.75) is 25.1 Å². The van der Waals surface area contributed by atoms with Crippen LogP contribution in [0.25, 0.3) is 11.3 Å². The van der Waals surface area contributed by atoms with Crippen LogP contribution in [0.1, 0.15) is 34.8 Å². The summed E-state index contributed by atoms with van der Waals surface area (Å²) in [5, 5.41) is 7.12. The SMILES string of the molecule is NC(=O)c1ccc(N2CCC(C3c4c(F)cccc4-c4cncn43)CC2)cc1.O=C(O)C(F)(F)F. The molecule has 0 spiro atoms. The van der Waals surface area contributed by atoms with E-state index in [-0.39, 0.29) is 11.9 Å². The lowest BCUT2D eigenvalue weighted by Gasteiger charge is -2.37. The van der Waals surface area contributed by atoms with Gasteiger partial charge in [0.2, 0.25) is 5.91 Å². The van der Waals surface area contributed by atoms with Gasteiger partial charge >= 0.3 is 12.1 Å². The molecule has 1 fully saturated rings. The van der Waals surface area contributed by atoms with Gasteiger partial charge in [-0.05, 0) is 49.1 Å². The van der Waals surface area contributed by atoms with Crippen molar-refractivity contribution in [1.29, 1.82) is 0 Å². The Balaban J connectivity index is 0.000000364. The number of alkyl halides is 3. The highest BCUT2D eigenvalue weighted by molar-refractivity contribution is 5.93. The van der Waals surface area contributed by atoms with Crippen LogP contribution in [0.2, 0.25) is 0 Å². The number of amides is 1. The number of benzene rings is 2. The largest absolute Gasteiger partial charge is 0.490 e. The molecule has 3 heterocycles. The third-order valence-corrected chi connectivity index (χ3v) is 6.34. The van der Waals surface area contributed by atoms with Crippen molar-refractivity contribution in [3.63, 3.8) is 0 Å². The third kappa shape index (κ3) is 4.84. The molecule has 1 atom stereocenters. The summed E-state index contributed by atoms with van der Waals surface area (Å²) in [6, 6.07) is 12.7. The van der Waals surface area contributed by atoms with Gasteiger partial charge in [-0.1, -0.05) is 12.1 Å². The van der Waals surface area contributed by atoms with Crippen molar-refractivity contribution >= 4 is 17.6 Å². The number of imidazole rings is 1. The quantitative estimate of drug-likeness (QED) is 0.535. The zero-order chi connectivity index (χ0) is 25.3. The summed E-state index contributed by atoms with van der Waals surface area (Å²) in [6.45, 7) is 1.79. The fourth-order valence-electron chi connectivity index (χ4n) is 4.71. The Hall–Kier alpha value is -3.89. The number of carbonyl (C=O) groups excluding carboxylic acids is 1. The molecule has 5 rings (SSSR count). The molecule has 0 aliphatic carbocycles. The molecular weight excluding hydrogens is 468 g/mol. The summed E-state index contributed by atoms with van der Waals surface area (Å²) in [5.41, 5.74) is 9.70. The molecule has 184 valence electrons. The predicted molar refractivity (Wildman–Crippen MR) is 119 cm³/mol. The molecule has 0 bridgehead atoms. The summed E-state index contributed by atoms with van der Waals surface area (Å²) in [5.74, 6) is -2.95. The fraction of sp³-hybridized carbons (Fsp3) is 0.292. The summed E-state index contributed by atoms with van der Waals surface area (Å²) in [4.78, 5) is 26.8. The zero-order valence-electron chi connectivity index (χ0n) is 18.4. The van der Waals surface area contributed by atoms with Crippen LogP contribution < -0.4 is 10.6 Å². The van der Waals surface area contributed by atoms with Gasteiger partial charge in [-0.3, -0.25) is 4.79 Å². The molecule has 1 amide bonds. The fourth-order valence-corrected chi connectivity index (χ4v) is 4.71. The van der Waals surface area contributed by atoms with Crippen LogP contribution in [0.4, 0.5) is 23.2 Å². The molecule has 3 aromatic rings. The van der Waals surface area contributed by atoms with E-state index >= 15 is 0 Å². The van der Waals surface area contributed by atoms with E-state index in [1.54, 1.807) is 24.3 Å². The van der Waals surface area contributed by atoms with E-state index in [9.17, 15) is 22.4 Å². The first-order valence-corrected chi connectivity index (χ1v) is 10.8. The molecule has 0 radical (unpaired) electrons. The molecule has 11 heteroatoms. The predicted octanol–water partition coefficient (Wildman–Crippen LogP) is 4.24. The van der Waals surface area contributed by atoms with Gasteiger partial charge in [0.15, 0.2) is 0 Å². The van der Waals surface area contributed by atoms with Crippen LogP contribution in [0.15, 0.2) is 55.0 Å². The van der Waals surface area contributed by atoms with Crippen LogP contribution in [0.5, 0.6) is 0 Å². The standard InChI is InChI=1S/C22H21FN4O.C2HF3O2/c23-18-3-1-2-17-19-12-25-13-27(19)21(20(17)18)14-8-10-26(11-9-14)16-6-4-15(5-7-16)22(24)28;3-2(4,5)1(6)7/h1-7,12-14,21H,8-11H2,(H2,24,28);(H,6,7). The van der Waals surface area contributed by atoms with Gasteiger partial charge < -0.3 is 20.3 Å². The number of nitrogens with zero attached hydrogens (tertiary/aromatic N) is 3. The maximum absolute atomic E-state index is 14.7. The first kappa shape index (κ1) is 24.2. The van der Waals surface area contributed by atoms with Crippen molar-refractivity contribution in [1.82, 2.24) is 9.55 Å². The van der Waals surface area contributed by atoms with Crippen molar-refractivity contribution in [3.05, 3.63) is 71.9 Å². The second-order valence-corrected chi connectivity index (χ2v) is 8.37. The first-order chi connectivity index (χ1) is 16.6. The number of aromatic nitrogens is 2. The van der Waals surface area contributed by atoms with Gasteiger partial charge in [-0.25, -0.2) is 14.2 Å². The van der Waals surface area contributed by atoms with Gasteiger partial charge in [-0.15, -0.1) is 0 Å². The number of carbonyl (C=O) groups is 2. The number of rotatable bonds is 3. The summed E-state index contributed by atoms with van der Waals surface area (Å²) in [7, 11) is 0. The number of piperidine rings is 1. The molecule has 7 nitrogen and oxygen atoms in total. The lowest BCUT2D eigenvalue weighted by molar-refractivity contribution is -0.192. The average molecular weight is 490 g/mol. The van der Waals surface area contributed by atoms with Crippen molar-refractivity contribution in [2.75, 3.05) is 18.0 Å². The number of carboxylic acid groups (broad SMARTS) is 1. The van der Waals surface area contributed by atoms with Gasteiger partial charge in [0.25, 0.3) is 0 Å². The maximum Gasteiger partial charge on any atom is 0.490 e. The Morgan fingerprint density at radius 1 is 1.06 bits per heavy atom. The minimum Gasteiger partial charge on any atom is -0.475 e. The Bertz CT molecular complexity index is 1230. The first-order valence-electron chi connectivity index (χ1n) is 10.8. The van der Waals surface area contributed by atoms with E-state index in [4.69, 9.17) is 15.6 Å². The second-order valence-electron chi connectivity index (χ2n) is 8.37. The van der Waals surface area contributed by atoms with E-state index in [1.165, 1.54) is 0 Å². The van der Waals surface area contributed by atoms with Crippen molar-refractivity contribution in [2.24, 2.45) is 11.7 Å². The molecule has 2 aromatic carbocycles. The molecule has 35 heavy (non-hydrogen) atoms. The molecule has 0 saturated carbocycles. The highest BCUT2D eigenvalue weighted by Crippen LogP contribution is 2.46. The topological polar surface area (TPSA) is 101 Å². The van der Waals surface area contributed by atoms with Gasteiger partial charge in [0.1, 0.15) is 5.82 Å². The van der Waals surface area contributed by atoms with E-state index < -0.39 is 18.1 Å². The molecule has 2 aliphatic rings. The number of aliphatic carboxylic acids is 1. The smallest absolute Gasteiger partial charge is 0.475 e. The number of carboxylic acids is 1. The minimum atomic E-state index is -5.08. The van der Waals surface area contributed by atoms with Crippen LogP contribution in [-0.2, 0) is 4.79 Å². The molecule has 1 unspecified atom stereocenters. The van der Waals surface area contributed by atoms with Gasteiger partial charge in [0, 0.05) is 35.5 Å². The molecule has 1 aromatic heterocycles. The number of halogens is 4. The van der Waals surface area contributed by atoms with E-state index in [0.29, 0.717) is 11.5 Å². The van der Waals surface area contributed by atoms with Crippen molar-refractivity contribution in [3.8, 4) is 11.3 Å². The Morgan fingerprint density at radius 3 is 2.26 bits per heavy atom. The van der Waals surface area contributed by atoms with Gasteiger partial charge in [0.05, 0.1) is 24.3 Å². The second kappa shape index (κ2) is 9.40. The summed E-state index contributed by atoms with van der Waals surface area (Å²) < 4.78 is 48.6. The number of primary amides is 1. The molecule has 2 aliphatic heterocycles. The highest BCUT2D eigenvalue weighted by atomic mass is 19.4. The van der Waals surface area contributed by atoms with Gasteiger partial charge in [-0.2, -0.15) is 13.2 Å². The summed E-state index contributed by atoms with van der Waals surface area (Å²) in [6.07, 6.45) is 0.503. The maximum atomic E-state index is 14.7. The van der Waals surface area contributed by atoms with E-state index in [2.05, 4.69) is 14.5 Å². The van der Waals surface area contributed by atoms with E-state index in [0.717, 1.165) is 48.4 Å². The zero-order valence-corrected chi connectivity index (χ0v) is 18.4. The molecule has 1 saturated heterocycles. The monoisotopic (exact) mass is 490 g/mol. The Morgan fingerprint density at radius 2 is 1.69 bits per heavy atom. The van der Waals surface area contributed by atoms with Crippen LogP contribution in [0.3, 0.4) is 0 Å². The Labute approximate surface area is 197 Å².